The van der Waals surface area contributed by atoms with Crippen LogP contribution in [-0.4, -0.2) is 40.2 Å². The fraction of sp³-hybridized carbons (Fsp3) is 0.263. The van der Waals surface area contributed by atoms with Crippen molar-refractivity contribution in [3.63, 3.8) is 0 Å². The molecule has 1 aromatic heterocycles. The molecule has 24 heavy (non-hydrogen) atoms. The molecule has 1 saturated heterocycles. The Labute approximate surface area is 140 Å². The van der Waals surface area contributed by atoms with E-state index >= 15 is 0 Å². The summed E-state index contributed by atoms with van der Waals surface area (Å²) in [6, 6.07) is 15.7. The fourth-order valence-electron chi connectivity index (χ4n) is 3.29. The molecular formula is C19H19N3O2. The highest BCUT2D eigenvalue weighted by Gasteiger charge is 2.30. The number of rotatable bonds is 2. The first-order valence-corrected chi connectivity index (χ1v) is 8.14. The number of ether oxygens (including phenoxy) is 1. The van der Waals surface area contributed by atoms with Gasteiger partial charge < -0.3 is 9.64 Å². The molecule has 3 aromatic rings. The van der Waals surface area contributed by atoms with Crippen molar-refractivity contribution < 1.29 is 9.53 Å². The Morgan fingerprint density at radius 1 is 1.17 bits per heavy atom. The van der Waals surface area contributed by atoms with Crippen molar-refractivity contribution in [1.82, 2.24) is 15.1 Å². The summed E-state index contributed by atoms with van der Waals surface area (Å²) in [6.07, 6.45) is 1.61. The van der Waals surface area contributed by atoms with Gasteiger partial charge in [-0.2, -0.15) is 5.10 Å². The van der Waals surface area contributed by atoms with Crippen molar-refractivity contribution in [2.24, 2.45) is 0 Å². The summed E-state index contributed by atoms with van der Waals surface area (Å²) in [5, 5.41) is 7.82. The van der Waals surface area contributed by atoms with Crippen molar-refractivity contribution in [1.29, 1.82) is 0 Å². The zero-order valence-corrected chi connectivity index (χ0v) is 13.5. The van der Waals surface area contributed by atoms with E-state index in [2.05, 4.69) is 10.2 Å². The largest absolute Gasteiger partial charge is 0.367 e. The highest BCUT2D eigenvalue weighted by Crippen LogP contribution is 2.27. The molecule has 1 aliphatic heterocycles. The molecule has 2 unspecified atom stereocenters. The number of nitrogens with one attached hydrogen (secondary N) is 1. The number of fused-ring (bicyclic) bond motifs is 1. The summed E-state index contributed by atoms with van der Waals surface area (Å²) in [7, 11) is 0. The maximum atomic E-state index is 13.1. The molecule has 1 fully saturated rings. The van der Waals surface area contributed by atoms with Gasteiger partial charge >= 0.3 is 0 Å². The number of hydrogen-bond acceptors (Lipinski definition) is 3. The van der Waals surface area contributed by atoms with E-state index in [1.807, 2.05) is 60.4 Å². The van der Waals surface area contributed by atoms with Gasteiger partial charge in [-0.3, -0.25) is 9.89 Å². The minimum absolute atomic E-state index is 0.00328. The fourth-order valence-corrected chi connectivity index (χ4v) is 3.29. The third-order valence-electron chi connectivity index (χ3n) is 4.43. The minimum atomic E-state index is -0.0950. The monoisotopic (exact) mass is 321 g/mol. The van der Waals surface area contributed by atoms with Gasteiger partial charge in [0.2, 0.25) is 0 Å². The average molecular weight is 321 g/mol. The van der Waals surface area contributed by atoms with Gasteiger partial charge in [0.1, 0.15) is 6.10 Å². The normalized spacial score (nSPS) is 21.1. The number of H-pyrrole nitrogens is 1. The number of morpholine rings is 1. The van der Waals surface area contributed by atoms with Gasteiger partial charge in [-0.1, -0.05) is 36.4 Å². The Kier molecular flexibility index (Phi) is 3.78. The molecule has 0 saturated carbocycles. The van der Waals surface area contributed by atoms with Crippen LogP contribution in [0.5, 0.6) is 0 Å². The zero-order chi connectivity index (χ0) is 16.5. The molecule has 0 spiro atoms. The van der Waals surface area contributed by atoms with E-state index in [9.17, 15) is 4.79 Å². The van der Waals surface area contributed by atoms with Crippen LogP contribution >= 0.6 is 0 Å². The SMILES string of the molecule is CC1CN(C(=O)c2cccc3[nH]ncc23)CC(c2ccccc2)O1. The molecule has 2 aromatic carbocycles. The third-order valence-corrected chi connectivity index (χ3v) is 4.43. The van der Waals surface area contributed by atoms with Gasteiger partial charge in [0.25, 0.3) is 5.91 Å². The van der Waals surface area contributed by atoms with Crippen LogP contribution in [0.3, 0.4) is 0 Å². The van der Waals surface area contributed by atoms with Gasteiger partial charge in [-0.25, -0.2) is 0 Å². The van der Waals surface area contributed by atoms with E-state index in [1.54, 1.807) is 6.20 Å². The van der Waals surface area contributed by atoms with Gasteiger partial charge in [-0.05, 0) is 24.6 Å². The summed E-state index contributed by atoms with van der Waals surface area (Å²) in [5.41, 5.74) is 2.66. The van der Waals surface area contributed by atoms with Crippen LogP contribution in [0.1, 0.15) is 28.9 Å². The molecule has 5 heteroatoms. The highest BCUT2D eigenvalue weighted by molar-refractivity contribution is 6.06. The lowest BCUT2D eigenvalue weighted by molar-refractivity contribution is -0.0691. The Balaban J connectivity index is 1.63. The molecule has 2 atom stereocenters. The number of aromatic amines is 1. The quantitative estimate of drug-likeness (QED) is 0.789. The Morgan fingerprint density at radius 3 is 2.83 bits per heavy atom. The molecule has 0 radical (unpaired) electrons. The lowest BCUT2D eigenvalue weighted by Gasteiger charge is -2.37. The molecule has 0 bridgehead atoms. The van der Waals surface area contributed by atoms with Crippen LogP contribution < -0.4 is 0 Å². The third kappa shape index (κ3) is 2.67. The van der Waals surface area contributed by atoms with Crippen molar-refractivity contribution in [3.8, 4) is 0 Å². The molecule has 0 aliphatic carbocycles. The van der Waals surface area contributed by atoms with Crippen molar-refractivity contribution in [3.05, 3.63) is 65.9 Å². The van der Waals surface area contributed by atoms with Gasteiger partial charge in [-0.15, -0.1) is 0 Å². The summed E-state index contributed by atoms with van der Waals surface area (Å²) in [5.74, 6) is 0.0260. The highest BCUT2D eigenvalue weighted by atomic mass is 16.5. The number of carbonyl (C=O) groups is 1. The smallest absolute Gasteiger partial charge is 0.254 e. The van der Waals surface area contributed by atoms with Crippen LogP contribution in [-0.2, 0) is 4.74 Å². The second-order valence-electron chi connectivity index (χ2n) is 6.19. The molecule has 1 amide bonds. The van der Waals surface area contributed by atoms with E-state index in [0.717, 1.165) is 16.5 Å². The van der Waals surface area contributed by atoms with Crippen LogP contribution in [0.15, 0.2) is 54.7 Å². The zero-order valence-electron chi connectivity index (χ0n) is 13.5. The van der Waals surface area contributed by atoms with Crippen molar-refractivity contribution >= 4 is 16.8 Å². The molecule has 1 aliphatic rings. The summed E-state index contributed by atoms with van der Waals surface area (Å²) in [6.45, 7) is 3.16. The topological polar surface area (TPSA) is 58.2 Å². The summed E-state index contributed by atoms with van der Waals surface area (Å²) >= 11 is 0. The molecule has 122 valence electrons. The minimum Gasteiger partial charge on any atom is -0.367 e. The number of benzene rings is 2. The van der Waals surface area contributed by atoms with Crippen molar-refractivity contribution in [2.75, 3.05) is 13.1 Å². The van der Waals surface area contributed by atoms with Crippen molar-refractivity contribution in [2.45, 2.75) is 19.1 Å². The summed E-state index contributed by atoms with van der Waals surface area (Å²) in [4.78, 5) is 14.9. The van der Waals surface area contributed by atoms with Crippen LogP contribution in [0.4, 0.5) is 0 Å². The van der Waals surface area contributed by atoms with Crippen LogP contribution in [0.2, 0.25) is 0 Å². The Bertz CT molecular complexity index is 859. The number of carbonyl (C=O) groups excluding carboxylic acids is 1. The van der Waals surface area contributed by atoms with Gasteiger partial charge in [0.05, 0.1) is 29.9 Å². The Hall–Kier alpha value is -2.66. The number of hydrogen-bond donors (Lipinski definition) is 1. The standard InChI is InChI=1S/C19H19N3O2/c1-13-11-22(12-18(24-13)14-6-3-2-4-7-14)19(23)15-8-5-9-17-16(15)10-20-21-17/h2-10,13,18H,11-12H2,1H3,(H,20,21). The van der Waals surface area contributed by atoms with E-state index in [1.165, 1.54) is 0 Å². The predicted molar refractivity (Wildman–Crippen MR) is 91.7 cm³/mol. The Morgan fingerprint density at radius 2 is 2.00 bits per heavy atom. The van der Waals surface area contributed by atoms with E-state index in [-0.39, 0.29) is 18.1 Å². The van der Waals surface area contributed by atoms with E-state index < -0.39 is 0 Å². The number of amides is 1. The maximum absolute atomic E-state index is 13.1. The molecule has 4 rings (SSSR count). The lowest BCUT2D eigenvalue weighted by Crippen LogP contribution is -2.46. The average Bonchev–Trinajstić information content (AvgIpc) is 3.10. The van der Waals surface area contributed by atoms with E-state index in [4.69, 9.17) is 4.74 Å². The molecule has 2 heterocycles. The first-order chi connectivity index (χ1) is 11.7. The first-order valence-electron chi connectivity index (χ1n) is 8.14. The second kappa shape index (κ2) is 6.09. The molecular weight excluding hydrogens is 302 g/mol. The maximum Gasteiger partial charge on any atom is 0.254 e. The number of aromatic nitrogens is 2. The lowest BCUT2D eigenvalue weighted by atomic mass is 10.0. The second-order valence-corrected chi connectivity index (χ2v) is 6.19. The summed E-state index contributed by atoms with van der Waals surface area (Å²) < 4.78 is 6.05. The van der Waals surface area contributed by atoms with Gasteiger partial charge in [0.15, 0.2) is 0 Å². The van der Waals surface area contributed by atoms with Gasteiger partial charge in [0, 0.05) is 11.9 Å². The van der Waals surface area contributed by atoms with Crippen LogP contribution in [0, 0.1) is 0 Å². The van der Waals surface area contributed by atoms with E-state index in [0.29, 0.717) is 18.7 Å². The van der Waals surface area contributed by atoms with Crippen LogP contribution in [0.25, 0.3) is 10.9 Å². The molecule has 5 nitrogen and oxygen atoms in total. The first kappa shape index (κ1) is 14.9. The molecule has 1 N–H and O–H groups in total. The number of nitrogens with zero attached hydrogens (tertiary/aromatic N) is 2. The predicted octanol–water partition coefficient (Wildman–Crippen LogP) is 3.17.